The zero-order chi connectivity index (χ0) is 16.2. The van der Waals surface area contributed by atoms with Crippen molar-refractivity contribution in [3.63, 3.8) is 0 Å². The zero-order valence-corrected chi connectivity index (χ0v) is 11.9. The number of alkyl halides is 3. The predicted octanol–water partition coefficient (Wildman–Crippen LogP) is 3.67. The number of hydrogen-bond donors (Lipinski definition) is 0. The summed E-state index contributed by atoms with van der Waals surface area (Å²) in [5.41, 5.74) is 1.21. The fraction of sp³-hybridized carbons (Fsp3) is 0.250. The first-order chi connectivity index (χ1) is 10.4. The molecule has 0 aliphatic rings. The van der Waals surface area contributed by atoms with E-state index in [0.717, 1.165) is 17.7 Å². The molecule has 2 rings (SSSR count). The van der Waals surface area contributed by atoms with Crippen LogP contribution in [0.5, 0.6) is 0 Å². The molecule has 0 amide bonds. The van der Waals surface area contributed by atoms with Crippen LogP contribution in [-0.2, 0) is 23.8 Å². The number of benzene rings is 1. The monoisotopic (exact) mass is 309 g/mol. The number of ether oxygens (including phenoxy) is 1. The molecule has 0 unspecified atom stereocenters. The Morgan fingerprint density at radius 3 is 2.41 bits per heavy atom. The van der Waals surface area contributed by atoms with Gasteiger partial charge in [0.2, 0.25) is 0 Å². The molecule has 0 atom stereocenters. The summed E-state index contributed by atoms with van der Waals surface area (Å²) < 4.78 is 42.2. The molecule has 0 aliphatic heterocycles. The molecule has 116 valence electrons. The maximum Gasteiger partial charge on any atom is 0.416 e. The minimum atomic E-state index is -4.33. The van der Waals surface area contributed by atoms with Crippen molar-refractivity contribution in [2.24, 2.45) is 0 Å². The van der Waals surface area contributed by atoms with Crippen LogP contribution in [0.2, 0.25) is 0 Å². The van der Waals surface area contributed by atoms with Gasteiger partial charge in [-0.15, -0.1) is 0 Å². The van der Waals surface area contributed by atoms with E-state index < -0.39 is 17.7 Å². The fourth-order valence-corrected chi connectivity index (χ4v) is 2.07. The standard InChI is InChI=1S/C16H14F3NO2/c1-22-15(21)14-8-9-20-10-12(14)5-2-11-3-6-13(7-4-11)16(17,18)19/h3-4,6-10H,2,5H2,1H3. The van der Waals surface area contributed by atoms with Crippen LogP contribution < -0.4 is 0 Å². The number of pyridine rings is 1. The lowest BCUT2D eigenvalue weighted by Crippen LogP contribution is -2.07. The van der Waals surface area contributed by atoms with E-state index in [2.05, 4.69) is 4.98 Å². The van der Waals surface area contributed by atoms with Gasteiger partial charge in [0.05, 0.1) is 18.2 Å². The molecule has 1 aromatic carbocycles. The van der Waals surface area contributed by atoms with Crippen molar-refractivity contribution in [3.05, 3.63) is 65.0 Å². The van der Waals surface area contributed by atoms with E-state index >= 15 is 0 Å². The summed E-state index contributed by atoms with van der Waals surface area (Å²) in [6, 6.07) is 6.56. The number of halogens is 3. The number of aryl methyl sites for hydroxylation is 2. The largest absolute Gasteiger partial charge is 0.465 e. The van der Waals surface area contributed by atoms with Crippen molar-refractivity contribution in [3.8, 4) is 0 Å². The lowest BCUT2D eigenvalue weighted by Gasteiger charge is -2.09. The second-order valence-corrected chi connectivity index (χ2v) is 4.72. The molecule has 0 saturated carbocycles. The molecule has 0 aliphatic carbocycles. The predicted molar refractivity (Wildman–Crippen MR) is 74.4 cm³/mol. The van der Waals surface area contributed by atoms with Crippen LogP contribution in [0.15, 0.2) is 42.7 Å². The summed E-state index contributed by atoms with van der Waals surface area (Å²) in [6.07, 6.45) is -0.276. The molecular formula is C16H14F3NO2. The highest BCUT2D eigenvalue weighted by molar-refractivity contribution is 5.90. The Kier molecular flexibility index (Phi) is 4.80. The highest BCUT2D eigenvalue weighted by Crippen LogP contribution is 2.29. The van der Waals surface area contributed by atoms with Crippen LogP contribution in [-0.4, -0.2) is 18.1 Å². The molecule has 6 heteroatoms. The van der Waals surface area contributed by atoms with Gasteiger partial charge in [-0.05, 0) is 42.2 Å². The van der Waals surface area contributed by atoms with Crippen molar-refractivity contribution in [2.75, 3.05) is 7.11 Å². The Bertz CT molecular complexity index is 651. The van der Waals surface area contributed by atoms with Gasteiger partial charge in [0.25, 0.3) is 0 Å². The Labute approximate surface area is 125 Å². The molecule has 0 radical (unpaired) electrons. The lowest BCUT2D eigenvalue weighted by molar-refractivity contribution is -0.137. The van der Waals surface area contributed by atoms with Crippen molar-refractivity contribution in [1.82, 2.24) is 4.98 Å². The molecule has 2 aromatic rings. The van der Waals surface area contributed by atoms with E-state index in [-0.39, 0.29) is 0 Å². The van der Waals surface area contributed by atoms with Crippen molar-refractivity contribution in [1.29, 1.82) is 0 Å². The summed E-state index contributed by atoms with van der Waals surface area (Å²) in [4.78, 5) is 15.6. The van der Waals surface area contributed by atoms with Crippen LogP contribution in [0, 0.1) is 0 Å². The van der Waals surface area contributed by atoms with Gasteiger partial charge in [0, 0.05) is 12.4 Å². The molecule has 3 nitrogen and oxygen atoms in total. The first-order valence-corrected chi connectivity index (χ1v) is 6.59. The normalized spacial score (nSPS) is 11.3. The molecular weight excluding hydrogens is 295 g/mol. The second-order valence-electron chi connectivity index (χ2n) is 4.72. The molecule has 0 saturated heterocycles. The van der Waals surface area contributed by atoms with Crippen LogP contribution in [0.4, 0.5) is 13.2 Å². The fourth-order valence-electron chi connectivity index (χ4n) is 2.07. The Morgan fingerprint density at radius 1 is 1.14 bits per heavy atom. The van der Waals surface area contributed by atoms with Crippen molar-refractivity contribution in [2.45, 2.75) is 19.0 Å². The highest BCUT2D eigenvalue weighted by atomic mass is 19.4. The minimum absolute atomic E-state index is 0.421. The van der Waals surface area contributed by atoms with E-state index in [9.17, 15) is 18.0 Å². The van der Waals surface area contributed by atoms with Gasteiger partial charge in [0.15, 0.2) is 0 Å². The Morgan fingerprint density at radius 2 is 1.82 bits per heavy atom. The molecule has 1 aromatic heterocycles. The number of nitrogens with zero attached hydrogens (tertiary/aromatic N) is 1. The number of carbonyl (C=O) groups is 1. The molecule has 0 fully saturated rings. The van der Waals surface area contributed by atoms with Gasteiger partial charge in [-0.3, -0.25) is 4.98 Å². The number of methoxy groups -OCH3 is 1. The van der Waals surface area contributed by atoms with Crippen molar-refractivity contribution < 1.29 is 22.7 Å². The molecule has 0 spiro atoms. The van der Waals surface area contributed by atoms with E-state index in [1.807, 2.05) is 0 Å². The third kappa shape index (κ3) is 3.84. The summed E-state index contributed by atoms with van der Waals surface area (Å²) in [5.74, 6) is -0.454. The molecule has 1 heterocycles. The highest BCUT2D eigenvalue weighted by Gasteiger charge is 2.29. The van der Waals surface area contributed by atoms with Gasteiger partial charge in [-0.25, -0.2) is 4.79 Å². The topological polar surface area (TPSA) is 39.2 Å². The third-order valence-electron chi connectivity index (χ3n) is 3.27. The van der Waals surface area contributed by atoms with Gasteiger partial charge < -0.3 is 4.74 Å². The molecule has 22 heavy (non-hydrogen) atoms. The lowest BCUT2D eigenvalue weighted by atomic mass is 10.0. The SMILES string of the molecule is COC(=O)c1ccncc1CCc1ccc(C(F)(F)F)cc1. The average Bonchev–Trinajstić information content (AvgIpc) is 2.52. The van der Waals surface area contributed by atoms with Gasteiger partial charge >= 0.3 is 12.1 Å². The number of rotatable bonds is 4. The van der Waals surface area contributed by atoms with Gasteiger partial charge in [-0.1, -0.05) is 12.1 Å². The van der Waals surface area contributed by atoms with E-state index in [1.54, 1.807) is 12.3 Å². The quantitative estimate of drug-likeness (QED) is 0.809. The van der Waals surface area contributed by atoms with Crippen LogP contribution in [0.1, 0.15) is 27.0 Å². The Hall–Kier alpha value is -2.37. The number of aromatic nitrogens is 1. The Balaban J connectivity index is 2.09. The molecule has 0 N–H and O–H groups in total. The number of carbonyl (C=O) groups excluding carboxylic acids is 1. The second kappa shape index (κ2) is 6.60. The maximum atomic E-state index is 12.5. The summed E-state index contributed by atoms with van der Waals surface area (Å²) >= 11 is 0. The number of esters is 1. The van der Waals surface area contributed by atoms with Crippen LogP contribution >= 0.6 is 0 Å². The minimum Gasteiger partial charge on any atom is -0.465 e. The number of hydrogen-bond acceptors (Lipinski definition) is 3. The van der Waals surface area contributed by atoms with E-state index in [1.165, 1.54) is 25.4 Å². The first-order valence-electron chi connectivity index (χ1n) is 6.59. The van der Waals surface area contributed by atoms with Crippen LogP contribution in [0.25, 0.3) is 0 Å². The average molecular weight is 309 g/mol. The van der Waals surface area contributed by atoms with E-state index in [4.69, 9.17) is 4.74 Å². The maximum absolute atomic E-state index is 12.5. The summed E-state index contributed by atoms with van der Waals surface area (Å²) in [5, 5.41) is 0. The van der Waals surface area contributed by atoms with E-state index in [0.29, 0.717) is 24.0 Å². The summed E-state index contributed by atoms with van der Waals surface area (Å²) in [7, 11) is 1.29. The van der Waals surface area contributed by atoms with Gasteiger partial charge in [0.1, 0.15) is 0 Å². The first kappa shape index (κ1) is 16.0. The van der Waals surface area contributed by atoms with Crippen molar-refractivity contribution >= 4 is 5.97 Å². The van der Waals surface area contributed by atoms with Gasteiger partial charge in [-0.2, -0.15) is 13.2 Å². The smallest absolute Gasteiger partial charge is 0.416 e. The zero-order valence-electron chi connectivity index (χ0n) is 11.9. The van der Waals surface area contributed by atoms with Crippen LogP contribution in [0.3, 0.4) is 0 Å². The molecule has 0 bridgehead atoms. The summed E-state index contributed by atoms with van der Waals surface area (Å²) in [6.45, 7) is 0. The third-order valence-corrected chi connectivity index (χ3v) is 3.27.